The summed E-state index contributed by atoms with van der Waals surface area (Å²) in [6, 6.07) is 9.73. The number of aromatic amines is 1. The van der Waals surface area contributed by atoms with E-state index in [0.717, 1.165) is 16.6 Å². The van der Waals surface area contributed by atoms with Crippen LogP contribution in [-0.4, -0.2) is 49.8 Å². The van der Waals surface area contributed by atoms with Gasteiger partial charge in [-0.1, -0.05) is 30.3 Å². The molecule has 1 atom stereocenters. The zero-order valence-electron chi connectivity index (χ0n) is 14.7. The number of hydrogen-bond donors (Lipinski definition) is 2. The van der Waals surface area contributed by atoms with Crippen molar-refractivity contribution in [1.29, 1.82) is 0 Å². The van der Waals surface area contributed by atoms with Crippen molar-refractivity contribution in [3.63, 3.8) is 0 Å². The van der Waals surface area contributed by atoms with Gasteiger partial charge in [0.15, 0.2) is 5.65 Å². The predicted molar refractivity (Wildman–Crippen MR) is 97.3 cm³/mol. The number of aromatic nitrogens is 4. The Balaban J connectivity index is 1.61. The van der Waals surface area contributed by atoms with Gasteiger partial charge in [-0.2, -0.15) is 10.2 Å². The third-order valence-corrected chi connectivity index (χ3v) is 4.91. The highest BCUT2D eigenvalue weighted by atomic mass is 16.2. The van der Waals surface area contributed by atoms with E-state index in [0.29, 0.717) is 24.3 Å². The van der Waals surface area contributed by atoms with E-state index in [9.17, 15) is 9.59 Å². The fourth-order valence-electron chi connectivity index (χ4n) is 3.43. The molecule has 4 rings (SSSR count). The molecule has 1 unspecified atom stereocenters. The van der Waals surface area contributed by atoms with Crippen molar-refractivity contribution >= 4 is 28.7 Å². The standard InChI is InChI=1S/C18H20N6O2/c1-23-12(8-9-14(23)26)10-13(25)19-17-15-16(11-6-4-3-5-7-11)22-24(2)18(15)21-20-17/h3-7,12H,8-10H2,1-2H3,(H2,19,20,21,25). The molecule has 1 fully saturated rings. The number of aryl methyl sites for hydroxylation is 1. The summed E-state index contributed by atoms with van der Waals surface area (Å²) in [5.41, 5.74) is 2.39. The van der Waals surface area contributed by atoms with Crippen molar-refractivity contribution < 1.29 is 9.59 Å². The maximum Gasteiger partial charge on any atom is 0.227 e. The van der Waals surface area contributed by atoms with E-state index in [2.05, 4.69) is 20.6 Å². The molecule has 8 heteroatoms. The number of fused-ring (bicyclic) bond motifs is 1. The number of rotatable bonds is 4. The summed E-state index contributed by atoms with van der Waals surface area (Å²) in [5, 5.41) is 15.4. The summed E-state index contributed by atoms with van der Waals surface area (Å²) >= 11 is 0. The van der Waals surface area contributed by atoms with Gasteiger partial charge in [-0.25, -0.2) is 4.68 Å². The van der Waals surface area contributed by atoms with E-state index in [-0.39, 0.29) is 24.3 Å². The summed E-state index contributed by atoms with van der Waals surface area (Å²) in [7, 11) is 3.57. The lowest BCUT2D eigenvalue weighted by Crippen LogP contribution is -2.32. The molecular formula is C18H20N6O2. The van der Waals surface area contributed by atoms with Crippen molar-refractivity contribution in [3.8, 4) is 11.3 Å². The number of carbonyl (C=O) groups is 2. The molecule has 1 saturated heterocycles. The van der Waals surface area contributed by atoms with Crippen LogP contribution in [0.25, 0.3) is 22.3 Å². The Kier molecular flexibility index (Phi) is 3.95. The molecule has 1 aliphatic heterocycles. The predicted octanol–water partition coefficient (Wildman–Crippen LogP) is 1.91. The molecule has 3 aromatic rings. The maximum atomic E-state index is 12.5. The van der Waals surface area contributed by atoms with Crippen molar-refractivity contribution in [3.05, 3.63) is 30.3 Å². The first-order valence-corrected chi connectivity index (χ1v) is 8.56. The van der Waals surface area contributed by atoms with Crippen molar-refractivity contribution in [2.75, 3.05) is 12.4 Å². The molecule has 3 heterocycles. The minimum Gasteiger partial charge on any atom is -0.342 e. The number of anilines is 1. The molecule has 2 aromatic heterocycles. The zero-order valence-corrected chi connectivity index (χ0v) is 14.7. The molecule has 0 aliphatic carbocycles. The minimum atomic E-state index is -0.148. The molecule has 1 aromatic carbocycles. The van der Waals surface area contributed by atoms with Crippen LogP contribution in [0.5, 0.6) is 0 Å². The largest absolute Gasteiger partial charge is 0.342 e. The number of nitrogens with one attached hydrogen (secondary N) is 2. The van der Waals surface area contributed by atoms with Crippen LogP contribution < -0.4 is 5.32 Å². The zero-order chi connectivity index (χ0) is 18.3. The summed E-state index contributed by atoms with van der Waals surface area (Å²) in [6.07, 6.45) is 1.48. The Morgan fingerprint density at radius 3 is 2.77 bits per heavy atom. The third-order valence-electron chi connectivity index (χ3n) is 4.91. The Morgan fingerprint density at radius 2 is 2.08 bits per heavy atom. The molecular weight excluding hydrogens is 332 g/mol. The highest BCUT2D eigenvalue weighted by Crippen LogP contribution is 2.31. The first-order chi connectivity index (χ1) is 12.5. The number of carbonyl (C=O) groups excluding carboxylic acids is 2. The molecule has 134 valence electrons. The van der Waals surface area contributed by atoms with Crippen LogP contribution in [0.1, 0.15) is 19.3 Å². The minimum absolute atomic E-state index is 0.0524. The van der Waals surface area contributed by atoms with Crippen molar-refractivity contribution in [1.82, 2.24) is 24.9 Å². The normalized spacial score (nSPS) is 17.2. The van der Waals surface area contributed by atoms with E-state index in [1.165, 1.54) is 0 Å². The lowest BCUT2D eigenvalue weighted by Gasteiger charge is -2.18. The molecule has 26 heavy (non-hydrogen) atoms. The van der Waals surface area contributed by atoms with Crippen LogP contribution in [0, 0.1) is 0 Å². The molecule has 8 nitrogen and oxygen atoms in total. The number of amides is 2. The molecule has 0 bridgehead atoms. The van der Waals surface area contributed by atoms with E-state index in [4.69, 9.17) is 0 Å². The summed E-state index contributed by atoms with van der Waals surface area (Å²) in [6.45, 7) is 0. The molecule has 2 N–H and O–H groups in total. The van der Waals surface area contributed by atoms with Gasteiger partial charge in [-0.3, -0.25) is 14.7 Å². The second-order valence-corrected chi connectivity index (χ2v) is 6.58. The quantitative estimate of drug-likeness (QED) is 0.750. The first-order valence-electron chi connectivity index (χ1n) is 8.56. The van der Waals surface area contributed by atoms with E-state index >= 15 is 0 Å². The smallest absolute Gasteiger partial charge is 0.227 e. The van der Waals surface area contributed by atoms with Gasteiger partial charge in [0.2, 0.25) is 11.8 Å². The van der Waals surface area contributed by atoms with Gasteiger partial charge in [0.1, 0.15) is 11.5 Å². The van der Waals surface area contributed by atoms with Crippen LogP contribution in [-0.2, 0) is 16.6 Å². The third kappa shape index (κ3) is 2.73. The second kappa shape index (κ2) is 6.29. The molecule has 1 aliphatic rings. The van der Waals surface area contributed by atoms with Gasteiger partial charge in [0.25, 0.3) is 0 Å². The van der Waals surface area contributed by atoms with Crippen molar-refractivity contribution in [2.24, 2.45) is 7.05 Å². The average molecular weight is 352 g/mol. The van der Waals surface area contributed by atoms with Crippen molar-refractivity contribution in [2.45, 2.75) is 25.3 Å². The van der Waals surface area contributed by atoms with E-state index in [1.807, 2.05) is 37.4 Å². The fourth-order valence-corrected chi connectivity index (χ4v) is 3.43. The Morgan fingerprint density at radius 1 is 1.31 bits per heavy atom. The van der Waals surface area contributed by atoms with Crippen LogP contribution in [0.2, 0.25) is 0 Å². The topological polar surface area (TPSA) is 95.9 Å². The fraction of sp³-hybridized carbons (Fsp3) is 0.333. The maximum absolute atomic E-state index is 12.5. The SMILES string of the molecule is CN1C(=O)CCC1CC(=O)Nc1[nH]nc2c1c(-c1ccccc1)nn2C. The second-order valence-electron chi connectivity index (χ2n) is 6.58. The molecule has 0 radical (unpaired) electrons. The van der Waals surface area contributed by atoms with Crippen LogP contribution in [0.4, 0.5) is 5.82 Å². The highest BCUT2D eigenvalue weighted by molar-refractivity contribution is 6.05. The number of likely N-dealkylation sites (tertiary alicyclic amines) is 1. The number of nitrogens with zero attached hydrogens (tertiary/aromatic N) is 4. The van der Waals surface area contributed by atoms with Gasteiger partial charge < -0.3 is 10.2 Å². The number of benzene rings is 1. The first kappa shape index (κ1) is 16.3. The number of hydrogen-bond acceptors (Lipinski definition) is 4. The Hall–Kier alpha value is -3.16. The van der Waals surface area contributed by atoms with Gasteiger partial charge in [-0.05, 0) is 6.42 Å². The van der Waals surface area contributed by atoms with Gasteiger partial charge in [0.05, 0.1) is 5.39 Å². The van der Waals surface area contributed by atoms with Crippen LogP contribution in [0.15, 0.2) is 30.3 Å². The average Bonchev–Trinajstić information content (AvgIpc) is 3.29. The molecule has 2 amide bonds. The van der Waals surface area contributed by atoms with Crippen LogP contribution >= 0.6 is 0 Å². The van der Waals surface area contributed by atoms with Gasteiger partial charge in [0, 0.05) is 38.5 Å². The lowest BCUT2D eigenvalue weighted by atomic mass is 10.1. The van der Waals surface area contributed by atoms with Gasteiger partial charge >= 0.3 is 0 Å². The Labute approximate surface area is 150 Å². The van der Waals surface area contributed by atoms with Gasteiger partial charge in [-0.15, -0.1) is 0 Å². The van der Waals surface area contributed by atoms with E-state index in [1.54, 1.807) is 16.6 Å². The molecule has 0 spiro atoms. The summed E-state index contributed by atoms with van der Waals surface area (Å²) in [5.74, 6) is 0.472. The summed E-state index contributed by atoms with van der Waals surface area (Å²) in [4.78, 5) is 25.8. The Bertz CT molecular complexity index is 974. The number of H-pyrrole nitrogens is 1. The summed E-state index contributed by atoms with van der Waals surface area (Å²) < 4.78 is 1.69. The van der Waals surface area contributed by atoms with E-state index < -0.39 is 0 Å². The highest BCUT2D eigenvalue weighted by Gasteiger charge is 2.29. The monoisotopic (exact) mass is 352 g/mol. The van der Waals surface area contributed by atoms with Crippen LogP contribution in [0.3, 0.4) is 0 Å². The lowest BCUT2D eigenvalue weighted by molar-refractivity contribution is -0.128. The molecule has 0 saturated carbocycles.